The number of rotatable bonds is 2. The molecular weight excluding hydrogens is 195 g/mol. The van der Waals surface area contributed by atoms with Gasteiger partial charge in [-0.05, 0) is 6.08 Å². The van der Waals surface area contributed by atoms with Gasteiger partial charge < -0.3 is 3.99 Å². The van der Waals surface area contributed by atoms with E-state index in [-0.39, 0.29) is 17.3 Å². The van der Waals surface area contributed by atoms with Gasteiger partial charge in [0.1, 0.15) is 0 Å². The van der Waals surface area contributed by atoms with Crippen LogP contribution in [0.2, 0.25) is 11.6 Å². The molecule has 0 aromatic heterocycles. The Morgan fingerprint density at radius 1 is 1.57 bits per heavy atom. The van der Waals surface area contributed by atoms with Gasteiger partial charge in [0.25, 0.3) is 0 Å². The van der Waals surface area contributed by atoms with Crippen molar-refractivity contribution in [2.24, 2.45) is 5.10 Å². The van der Waals surface area contributed by atoms with E-state index in [1.54, 1.807) is 6.08 Å². The second-order valence-corrected chi connectivity index (χ2v) is 6.27. The summed E-state index contributed by atoms with van der Waals surface area (Å²) in [7, 11) is 0. The lowest BCUT2D eigenvalue weighted by Crippen LogP contribution is -2.32. The second-order valence-electron chi connectivity index (χ2n) is 3.49. The van der Waals surface area contributed by atoms with E-state index < -0.39 is 14.4 Å². The molecule has 4 nitrogen and oxygen atoms in total. The summed E-state index contributed by atoms with van der Waals surface area (Å²) >= 11 is -1.10. The third-order valence-corrected chi connectivity index (χ3v) is 3.47. The molecule has 1 rings (SSSR count). The maximum Gasteiger partial charge on any atom is 0.430 e. The molecule has 0 unspecified atom stereocenters. The number of ketones is 2. The first-order valence-corrected chi connectivity index (χ1v) is 7.42. The maximum atomic E-state index is 11.4. The van der Waals surface area contributed by atoms with Gasteiger partial charge in [0.2, 0.25) is 5.78 Å². The Morgan fingerprint density at radius 2 is 2.21 bits per heavy atom. The number of nitrogens with zero attached hydrogens (tertiary/aromatic N) is 2. The molecule has 14 heavy (non-hydrogen) atoms. The zero-order valence-electron chi connectivity index (χ0n) is 8.65. The third kappa shape index (κ3) is 2.53. The number of hydrogen-bond donors (Lipinski definition) is 0. The van der Waals surface area contributed by atoms with Crippen molar-refractivity contribution in [1.82, 2.24) is 3.99 Å². The largest absolute Gasteiger partial charge is 0.430 e. The van der Waals surface area contributed by atoms with Crippen LogP contribution in [-0.4, -0.2) is 42.2 Å². The van der Waals surface area contributed by atoms with E-state index in [4.69, 9.17) is 0 Å². The molecule has 0 radical (unpaired) electrons. The molecule has 0 spiro atoms. The SMILES string of the molecule is CC(=O)C1=N[N]([Al]([CH3])[CH3])CC=CC1=O. The lowest BCUT2D eigenvalue weighted by molar-refractivity contribution is -0.113. The van der Waals surface area contributed by atoms with Gasteiger partial charge in [-0.15, -0.1) is 0 Å². The molecule has 0 bridgehead atoms. The summed E-state index contributed by atoms with van der Waals surface area (Å²) in [6, 6.07) is 0. The van der Waals surface area contributed by atoms with Gasteiger partial charge >= 0.3 is 14.4 Å². The summed E-state index contributed by atoms with van der Waals surface area (Å²) < 4.78 is 1.86. The van der Waals surface area contributed by atoms with Crippen molar-refractivity contribution in [3.8, 4) is 0 Å². The highest BCUT2D eigenvalue weighted by atomic mass is 27.2. The molecule has 0 aromatic rings. The summed E-state index contributed by atoms with van der Waals surface area (Å²) in [5.41, 5.74) is 0.0555. The van der Waals surface area contributed by atoms with Crippen molar-refractivity contribution in [3.05, 3.63) is 12.2 Å². The van der Waals surface area contributed by atoms with Crippen LogP contribution in [0.1, 0.15) is 6.92 Å². The van der Waals surface area contributed by atoms with Gasteiger partial charge in [-0.25, -0.2) is 0 Å². The fourth-order valence-electron chi connectivity index (χ4n) is 1.14. The van der Waals surface area contributed by atoms with Crippen molar-refractivity contribution in [3.63, 3.8) is 0 Å². The van der Waals surface area contributed by atoms with E-state index in [9.17, 15) is 9.59 Å². The van der Waals surface area contributed by atoms with Crippen molar-refractivity contribution in [2.45, 2.75) is 18.5 Å². The van der Waals surface area contributed by atoms with Gasteiger partial charge in [-0.3, -0.25) is 9.59 Å². The number of hydrazone groups is 1. The molecule has 0 atom stereocenters. The second kappa shape index (κ2) is 4.54. The number of carbonyl (C=O) groups excluding carboxylic acids is 2. The average molecular weight is 208 g/mol. The van der Waals surface area contributed by atoms with E-state index in [2.05, 4.69) is 16.7 Å². The number of Topliss-reactive ketones (excluding diaryl/α,β-unsaturated/α-hetero) is 1. The smallest absolute Gasteiger partial charge is 0.383 e. The molecule has 1 aliphatic heterocycles. The van der Waals surface area contributed by atoms with Crippen LogP contribution in [-0.2, 0) is 9.59 Å². The third-order valence-electron chi connectivity index (χ3n) is 1.95. The summed E-state index contributed by atoms with van der Waals surface area (Å²) in [6.07, 6.45) is 3.19. The topological polar surface area (TPSA) is 49.7 Å². The van der Waals surface area contributed by atoms with Crippen LogP contribution in [0.5, 0.6) is 0 Å². The summed E-state index contributed by atoms with van der Waals surface area (Å²) in [5, 5.41) is 4.11. The van der Waals surface area contributed by atoms with E-state index >= 15 is 0 Å². The Kier molecular flexibility index (Phi) is 3.62. The van der Waals surface area contributed by atoms with Gasteiger partial charge in [-0.2, -0.15) is 5.10 Å². The Morgan fingerprint density at radius 3 is 2.71 bits per heavy atom. The van der Waals surface area contributed by atoms with Crippen molar-refractivity contribution in [2.75, 3.05) is 6.54 Å². The van der Waals surface area contributed by atoms with Crippen molar-refractivity contribution >= 4 is 31.6 Å². The quantitative estimate of drug-likeness (QED) is 0.625. The van der Waals surface area contributed by atoms with Crippen LogP contribution in [0, 0.1) is 0 Å². The van der Waals surface area contributed by atoms with Crippen LogP contribution in [0.15, 0.2) is 17.3 Å². The highest BCUT2D eigenvalue weighted by molar-refractivity contribution is 6.68. The first kappa shape index (κ1) is 11.2. The Bertz CT molecular complexity index is 321. The van der Waals surface area contributed by atoms with E-state index in [0.717, 1.165) is 0 Å². The Hall–Kier alpha value is -0.918. The van der Waals surface area contributed by atoms with Crippen molar-refractivity contribution in [1.29, 1.82) is 0 Å². The highest BCUT2D eigenvalue weighted by Crippen LogP contribution is 2.03. The lowest BCUT2D eigenvalue weighted by Gasteiger charge is -2.18. The minimum atomic E-state index is -1.10. The van der Waals surface area contributed by atoms with Crippen LogP contribution in [0.4, 0.5) is 0 Å². The fraction of sp³-hybridized carbons (Fsp3) is 0.444. The predicted octanol–water partition coefficient (Wildman–Crippen LogP) is 0.623. The number of allylic oxidation sites excluding steroid dienone is 1. The van der Waals surface area contributed by atoms with E-state index in [1.165, 1.54) is 13.0 Å². The lowest BCUT2D eigenvalue weighted by atomic mass is 10.2. The van der Waals surface area contributed by atoms with E-state index in [1.807, 2.05) is 3.99 Å². The molecule has 0 saturated heterocycles. The molecule has 0 aliphatic carbocycles. The van der Waals surface area contributed by atoms with Crippen molar-refractivity contribution < 1.29 is 9.59 Å². The summed E-state index contributed by atoms with van der Waals surface area (Å²) in [5.74, 6) is 3.66. The molecule has 1 heterocycles. The molecule has 0 aromatic carbocycles. The first-order chi connectivity index (χ1) is 6.52. The molecular formula is C9H13AlN2O2. The van der Waals surface area contributed by atoms with Crippen LogP contribution >= 0.6 is 0 Å². The molecule has 1 aliphatic rings. The minimum Gasteiger partial charge on any atom is -0.383 e. The average Bonchev–Trinajstić information content (AvgIpc) is 2.26. The van der Waals surface area contributed by atoms with Gasteiger partial charge in [0.15, 0.2) is 11.5 Å². The van der Waals surface area contributed by atoms with Crippen LogP contribution in [0.25, 0.3) is 0 Å². The Balaban J connectivity index is 3.02. The number of carbonyl (C=O) groups is 2. The Labute approximate surface area is 87.9 Å². The number of hydrogen-bond acceptors (Lipinski definition) is 4. The van der Waals surface area contributed by atoms with Gasteiger partial charge in [0.05, 0.1) is 0 Å². The molecule has 74 valence electrons. The fourth-order valence-corrected chi connectivity index (χ4v) is 2.03. The highest BCUT2D eigenvalue weighted by Gasteiger charge is 2.21. The molecule has 0 amide bonds. The van der Waals surface area contributed by atoms with Gasteiger partial charge in [0, 0.05) is 13.5 Å². The monoisotopic (exact) mass is 208 g/mol. The van der Waals surface area contributed by atoms with Gasteiger partial charge in [-0.1, -0.05) is 17.6 Å². The maximum absolute atomic E-state index is 11.4. The summed E-state index contributed by atoms with van der Waals surface area (Å²) in [4.78, 5) is 22.5. The van der Waals surface area contributed by atoms with Crippen LogP contribution < -0.4 is 0 Å². The zero-order chi connectivity index (χ0) is 10.7. The molecule has 0 saturated carbocycles. The molecule has 0 N–H and O–H groups in total. The normalized spacial score (nSPS) is 16.4. The van der Waals surface area contributed by atoms with Crippen LogP contribution in [0.3, 0.4) is 0 Å². The molecule has 0 fully saturated rings. The minimum absolute atomic E-state index is 0.0555. The first-order valence-electron chi connectivity index (χ1n) is 4.59. The zero-order valence-corrected chi connectivity index (χ0v) is 9.80. The molecule has 5 heteroatoms. The summed E-state index contributed by atoms with van der Waals surface area (Å²) in [6.45, 7) is 2.00. The standard InChI is InChI=1S/C7H8N2O2.2CH3.Al/c1-5(10)7-6(11)3-2-4-8-9-7;;;/h2-3H,4H2,1H3,(H,8,10,11);2*1H3;/q;;;+1/p-1. The van der Waals surface area contributed by atoms with E-state index in [0.29, 0.717) is 6.54 Å². The predicted molar refractivity (Wildman–Crippen MR) is 56.5 cm³/mol.